The maximum Gasteiger partial charge on any atom is 0.283 e. The third-order valence-corrected chi connectivity index (χ3v) is 4.63. The van der Waals surface area contributed by atoms with Crippen LogP contribution in [0.15, 0.2) is 36.1 Å². The Hall–Kier alpha value is -1.12. The van der Waals surface area contributed by atoms with Crippen LogP contribution in [0.2, 0.25) is 0 Å². The SMILES string of the molecule is CCO[C@H]1OC(C(N)=O)=C[C@@H](c2ccc(I)cc2)[C@@H]1CCCO. The van der Waals surface area contributed by atoms with Crippen molar-refractivity contribution in [1.82, 2.24) is 0 Å². The summed E-state index contributed by atoms with van der Waals surface area (Å²) in [4.78, 5) is 11.6. The molecule has 0 spiro atoms. The zero-order valence-corrected chi connectivity index (χ0v) is 15.2. The van der Waals surface area contributed by atoms with Gasteiger partial charge in [0.25, 0.3) is 5.91 Å². The molecule has 1 aromatic rings. The molecule has 23 heavy (non-hydrogen) atoms. The number of hydrogen-bond acceptors (Lipinski definition) is 4. The molecular weight excluding hydrogens is 409 g/mol. The average Bonchev–Trinajstić information content (AvgIpc) is 2.54. The topological polar surface area (TPSA) is 81.8 Å². The minimum Gasteiger partial charge on any atom is -0.459 e. The van der Waals surface area contributed by atoms with Crippen LogP contribution in [-0.2, 0) is 14.3 Å². The molecule has 0 aliphatic carbocycles. The van der Waals surface area contributed by atoms with Gasteiger partial charge in [-0.3, -0.25) is 4.79 Å². The number of allylic oxidation sites excluding steroid dienone is 1. The third-order valence-electron chi connectivity index (χ3n) is 3.91. The van der Waals surface area contributed by atoms with Gasteiger partial charge in [-0.05, 0) is 66.1 Å². The predicted octanol–water partition coefficient (Wildman–Crippen LogP) is 2.53. The average molecular weight is 431 g/mol. The second-order valence-corrected chi connectivity index (χ2v) is 6.69. The minimum absolute atomic E-state index is 0.0188. The summed E-state index contributed by atoms with van der Waals surface area (Å²) in [6.07, 6.45) is 2.63. The van der Waals surface area contributed by atoms with Crippen LogP contribution in [0, 0.1) is 9.49 Å². The lowest BCUT2D eigenvalue weighted by atomic mass is 9.80. The van der Waals surface area contributed by atoms with Crippen molar-refractivity contribution < 1.29 is 19.4 Å². The maximum absolute atomic E-state index is 11.6. The first-order chi connectivity index (χ1) is 11.1. The number of aliphatic hydroxyl groups is 1. The lowest BCUT2D eigenvalue weighted by Gasteiger charge is -2.36. The van der Waals surface area contributed by atoms with Crippen molar-refractivity contribution in [2.75, 3.05) is 13.2 Å². The van der Waals surface area contributed by atoms with E-state index < -0.39 is 12.2 Å². The van der Waals surface area contributed by atoms with Crippen molar-refractivity contribution in [1.29, 1.82) is 0 Å². The van der Waals surface area contributed by atoms with Gasteiger partial charge >= 0.3 is 0 Å². The molecule has 0 saturated carbocycles. The lowest BCUT2D eigenvalue weighted by molar-refractivity contribution is -0.165. The zero-order valence-electron chi connectivity index (χ0n) is 13.1. The van der Waals surface area contributed by atoms with Gasteiger partial charge < -0.3 is 20.3 Å². The summed E-state index contributed by atoms with van der Waals surface area (Å²) in [5.41, 5.74) is 6.49. The Kier molecular flexibility index (Phi) is 6.86. The van der Waals surface area contributed by atoms with Crippen molar-refractivity contribution in [3.8, 4) is 0 Å². The molecule has 0 aromatic heterocycles. The molecular formula is C17H22INO4. The minimum atomic E-state index is -0.592. The number of nitrogens with two attached hydrogens (primary N) is 1. The first kappa shape index (κ1) is 18.2. The van der Waals surface area contributed by atoms with Gasteiger partial charge in [-0.1, -0.05) is 12.1 Å². The molecule has 0 radical (unpaired) electrons. The normalized spacial score (nSPS) is 24.0. The Morgan fingerprint density at radius 1 is 1.39 bits per heavy atom. The van der Waals surface area contributed by atoms with Gasteiger partial charge in [-0.15, -0.1) is 0 Å². The fourth-order valence-corrected chi connectivity index (χ4v) is 3.20. The molecule has 0 saturated heterocycles. The third kappa shape index (κ3) is 4.68. The molecule has 3 N–H and O–H groups in total. The monoisotopic (exact) mass is 431 g/mol. The second-order valence-electron chi connectivity index (χ2n) is 5.44. The largest absolute Gasteiger partial charge is 0.459 e. The lowest BCUT2D eigenvalue weighted by Crippen LogP contribution is -2.37. The van der Waals surface area contributed by atoms with E-state index in [0.29, 0.717) is 13.0 Å². The highest BCUT2D eigenvalue weighted by Crippen LogP contribution is 2.39. The van der Waals surface area contributed by atoms with Crippen LogP contribution < -0.4 is 5.73 Å². The fourth-order valence-electron chi connectivity index (χ4n) is 2.84. The standard InChI is InChI=1S/C17H22INO4/c1-2-22-17-13(4-3-9-20)14(10-15(23-17)16(19)21)11-5-7-12(18)8-6-11/h5-8,10,13-14,17,20H,2-4,9H2,1H3,(H2,19,21)/t13-,14-,17-/m0/s1. The molecule has 126 valence electrons. The Morgan fingerprint density at radius 3 is 2.65 bits per heavy atom. The van der Waals surface area contributed by atoms with Gasteiger partial charge in [-0.2, -0.15) is 0 Å². The van der Waals surface area contributed by atoms with Crippen molar-refractivity contribution in [2.45, 2.75) is 32.0 Å². The number of aliphatic hydroxyl groups excluding tert-OH is 1. The first-order valence-electron chi connectivity index (χ1n) is 7.73. The fraction of sp³-hybridized carbons (Fsp3) is 0.471. The van der Waals surface area contributed by atoms with Crippen molar-refractivity contribution in [3.63, 3.8) is 0 Å². The highest BCUT2D eigenvalue weighted by atomic mass is 127. The number of rotatable bonds is 7. The summed E-state index contributed by atoms with van der Waals surface area (Å²) < 4.78 is 12.5. The van der Waals surface area contributed by atoms with E-state index >= 15 is 0 Å². The number of primary amides is 1. The Morgan fingerprint density at radius 2 is 2.09 bits per heavy atom. The van der Waals surface area contributed by atoms with Crippen molar-refractivity contribution >= 4 is 28.5 Å². The number of carbonyl (C=O) groups excluding carboxylic acids is 1. The molecule has 0 unspecified atom stereocenters. The molecule has 1 amide bonds. The molecule has 0 fully saturated rings. The molecule has 0 bridgehead atoms. The Balaban J connectivity index is 2.38. The van der Waals surface area contributed by atoms with E-state index in [1.807, 2.05) is 31.2 Å². The Labute approximate surface area is 150 Å². The summed E-state index contributed by atoms with van der Waals surface area (Å²) in [5.74, 6) is -0.463. The summed E-state index contributed by atoms with van der Waals surface area (Å²) in [7, 11) is 0. The van der Waals surface area contributed by atoms with Crippen LogP contribution >= 0.6 is 22.6 Å². The van der Waals surface area contributed by atoms with Gasteiger partial charge in [0, 0.05) is 28.6 Å². The zero-order chi connectivity index (χ0) is 16.8. The quantitative estimate of drug-likeness (QED) is 0.651. The number of hydrogen-bond donors (Lipinski definition) is 2. The van der Waals surface area contributed by atoms with Crippen LogP contribution in [0.5, 0.6) is 0 Å². The van der Waals surface area contributed by atoms with E-state index in [1.54, 1.807) is 6.08 Å². The number of halogens is 1. The predicted molar refractivity (Wildman–Crippen MR) is 95.5 cm³/mol. The van der Waals surface area contributed by atoms with Crippen molar-refractivity contribution in [3.05, 3.63) is 45.2 Å². The highest BCUT2D eigenvalue weighted by Gasteiger charge is 2.37. The van der Waals surface area contributed by atoms with E-state index in [9.17, 15) is 9.90 Å². The highest BCUT2D eigenvalue weighted by molar-refractivity contribution is 14.1. The molecule has 3 atom stereocenters. The van der Waals surface area contributed by atoms with Crippen molar-refractivity contribution in [2.24, 2.45) is 11.7 Å². The molecule has 6 heteroatoms. The van der Waals surface area contributed by atoms with Crippen LogP contribution in [-0.4, -0.2) is 30.5 Å². The molecule has 1 aromatic carbocycles. The summed E-state index contributed by atoms with van der Waals surface area (Å²) >= 11 is 2.26. The van der Waals surface area contributed by atoms with Gasteiger partial charge in [0.1, 0.15) is 0 Å². The van der Waals surface area contributed by atoms with Crippen LogP contribution in [0.3, 0.4) is 0 Å². The number of benzene rings is 1. The summed E-state index contributed by atoms with van der Waals surface area (Å²) in [6.45, 7) is 2.47. The molecule has 1 heterocycles. The van der Waals surface area contributed by atoms with Crippen LogP contribution in [0.4, 0.5) is 0 Å². The summed E-state index contributed by atoms with van der Waals surface area (Å²) in [5, 5.41) is 9.17. The molecule has 5 nitrogen and oxygen atoms in total. The summed E-state index contributed by atoms with van der Waals surface area (Å²) in [6, 6.07) is 8.15. The number of carbonyl (C=O) groups is 1. The Bertz CT molecular complexity index is 558. The van der Waals surface area contributed by atoms with Gasteiger partial charge in [0.2, 0.25) is 6.29 Å². The van der Waals surface area contributed by atoms with Crippen LogP contribution in [0.25, 0.3) is 0 Å². The molecule has 2 rings (SSSR count). The molecule has 1 aliphatic rings. The smallest absolute Gasteiger partial charge is 0.283 e. The molecule has 1 aliphatic heterocycles. The van der Waals surface area contributed by atoms with E-state index in [1.165, 1.54) is 0 Å². The first-order valence-corrected chi connectivity index (χ1v) is 8.81. The van der Waals surface area contributed by atoms with E-state index in [0.717, 1.165) is 15.6 Å². The van der Waals surface area contributed by atoms with Gasteiger partial charge in [0.15, 0.2) is 5.76 Å². The van der Waals surface area contributed by atoms with Crippen LogP contribution in [0.1, 0.15) is 31.2 Å². The number of amides is 1. The number of ether oxygens (including phenoxy) is 2. The van der Waals surface area contributed by atoms with Gasteiger partial charge in [0.05, 0.1) is 0 Å². The maximum atomic E-state index is 11.6. The second kappa shape index (κ2) is 8.65. The van der Waals surface area contributed by atoms with Gasteiger partial charge in [-0.25, -0.2) is 0 Å². The van der Waals surface area contributed by atoms with E-state index in [4.69, 9.17) is 15.2 Å². The van der Waals surface area contributed by atoms with E-state index in [2.05, 4.69) is 22.6 Å². The van der Waals surface area contributed by atoms with E-state index in [-0.39, 0.29) is 24.2 Å².